The molecule has 0 radical (unpaired) electrons. The van der Waals surface area contributed by atoms with Gasteiger partial charge in [0.05, 0.1) is 5.69 Å². The zero-order valence-electron chi connectivity index (χ0n) is 9.54. The molecular weight excluding hydrogens is 222 g/mol. The van der Waals surface area contributed by atoms with Gasteiger partial charge < -0.3 is 11.1 Å². The molecule has 1 aromatic heterocycles. The molecule has 0 spiro atoms. The van der Waals surface area contributed by atoms with Gasteiger partial charge in [0.25, 0.3) is 0 Å². The lowest BCUT2D eigenvalue weighted by Crippen LogP contribution is -2.35. The maximum Gasteiger partial charge on any atom is 0.152 e. The van der Waals surface area contributed by atoms with Gasteiger partial charge in [0.2, 0.25) is 0 Å². The van der Waals surface area contributed by atoms with E-state index in [1.54, 1.807) is 6.20 Å². The molecule has 2 rings (SSSR count). The molecule has 16 heavy (non-hydrogen) atoms. The number of rotatable bonds is 2. The Labute approximate surface area is 101 Å². The molecule has 0 aliphatic heterocycles. The molecule has 0 aromatic carbocycles. The molecule has 0 saturated heterocycles. The molecule has 1 aliphatic rings. The first-order chi connectivity index (χ1) is 7.66. The van der Waals surface area contributed by atoms with Gasteiger partial charge in [-0.2, -0.15) is 0 Å². The summed E-state index contributed by atoms with van der Waals surface area (Å²) < 4.78 is 0. The van der Waals surface area contributed by atoms with Crippen molar-refractivity contribution in [2.24, 2.45) is 5.73 Å². The van der Waals surface area contributed by atoms with Crippen molar-refractivity contribution in [3.05, 3.63) is 23.0 Å². The molecule has 4 heteroatoms. The molecule has 3 N–H and O–H groups in total. The molecule has 1 saturated carbocycles. The van der Waals surface area contributed by atoms with Crippen molar-refractivity contribution in [1.82, 2.24) is 4.98 Å². The molecule has 1 aliphatic carbocycles. The van der Waals surface area contributed by atoms with E-state index in [9.17, 15) is 0 Å². The highest BCUT2D eigenvalue weighted by molar-refractivity contribution is 6.32. The lowest BCUT2D eigenvalue weighted by molar-refractivity contribution is 0.409. The highest BCUT2D eigenvalue weighted by atomic mass is 35.5. The monoisotopic (exact) mass is 239 g/mol. The minimum Gasteiger partial charge on any atom is -0.380 e. The van der Waals surface area contributed by atoms with Crippen LogP contribution in [0.15, 0.2) is 12.3 Å². The minimum atomic E-state index is 0.321. The van der Waals surface area contributed by atoms with Crippen molar-refractivity contribution in [1.29, 1.82) is 0 Å². The molecule has 1 aromatic rings. The van der Waals surface area contributed by atoms with Crippen LogP contribution in [0.3, 0.4) is 0 Å². The van der Waals surface area contributed by atoms with Crippen molar-refractivity contribution >= 4 is 17.3 Å². The largest absolute Gasteiger partial charge is 0.380 e. The van der Waals surface area contributed by atoms with Crippen LogP contribution in [0.1, 0.15) is 31.2 Å². The summed E-state index contributed by atoms with van der Waals surface area (Å²) in [7, 11) is 0. The summed E-state index contributed by atoms with van der Waals surface area (Å²) in [6.07, 6.45) is 6.24. The zero-order chi connectivity index (χ0) is 11.5. The summed E-state index contributed by atoms with van der Waals surface area (Å²) in [5.74, 6) is 0. The second kappa shape index (κ2) is 5.02. The Bertz CT molecular complexity index is 347. The minimum absolute atomic E-state index is 0.321. The Kier molecular flexibility index (Phi) is 3.66. The van der Waals surface area contributed by atoms with Crippen molar-refractivity contribution in [2.75, 3.05) is 5.32 Å². The predicted molar refractivity (Wildman–Crippen MR) is 67.8 cm³/mol. The Morgan fingerprint density at radius 2 is 2.31 bits per heavy atom. The van der Waals surface area contributed by atoms with Gasteiger partial charge in [-0.15, -0.1) is 0 Å². The van der Waals surface area contributed by atoms with Crippen molar-refractivity contribution in [3.8, 4) is 0 Å². The van der Waals surface area contributed by atoms with Gasteiger partial charge in [-0.25, -0.2) is 4.98 Å². The second-order valence-electron chi connectivity index (χ2n) is 4.56. The van der Waals surface area contributed by atoms with E-state index in [1.165, 1.54) is 12.8 Å². The quantitative estimate of drug-likeness (QED) is 0.781. The number of aromatic nitrogens is 1. The number of pyridine rings is 1. The fourth-order valence-electron chi connectivity index (χ4n) is 2.26. The average molecular weight is 240 g/mol. The Morgan fingerprint density at radius 1 is 1.50 bits per heavy atom. The van der Waals surface area contributed by atoms with Crippen LogP contribution in [-0.4, -0.2) is 17.1 Å². The SMILES string of the molecule is Cc1ccnc(Cl)c1NC1CCCC(N)C1. The number of anilines is 1. The molecule has 1 heterocycles. The summed E-state index contributed by atoms with van der Waals surface area (Å²) in [6.45, 7) is 2.04. The lowest BCUT2D eigenvalue weighted by Gasteiger charge is -2.28. The molecule has 88 valence electrons. The maximum atomic E-state index is 6.08. The fraction of sp³-hybridized carbons (Fsp3) is 0.583. The number of nitrogens with one attached hydrogen (secondary N) is 1. The van der Waals surface area contributed by atoms with Gasteiger partial charge in [0.1, 0.15) is 0 Å². The van der Waals surface area contributed by atoms with E-state index in [2.05, 4.69) is 10.3 Å². The van der Waals surface area contributed by atoms with Gasteiger partial charge in [-0.05, 0) is 44.2 Å². The number of nitrogens with zero attached hydrogens (tertiary/aromatic N) is 1. The van der Waals surface area contributed by atoms with Crippen LogP contribution in [-0.2, 0) is 0 Å². The molecule has 0 bridgehead atoms. The number of hydrogen-bond donors (Lipinski definition) is 2. The van der Waals surface area contributed by atoms with Crippen molar-refractivity contribution in [2.45, 2.75) is 44.7 Å². The standard InChI is InChI=1S/C12H18ClN3/c1-8-5-6-15-12(13)11(8)16-10-4-2-3-9(14)7-10/h5-6,9-10,16H,2-4,7,14H2,1H3. The molecule has 0 amide bonds. The molecular formula is C12H18ClN3. The van der Waals surface area contributed by atoms with E-state index < -0.39 is 0 Å². The first kappa shape index (κ1) is 11.7. The first-order valence-electron chi connectivity index (χ1n) is 5.80. The lowest BCUT2D eigenvalue weighted by atomic mass is 9.91. The van der Waals surface area contributed by atoms with Gasteiger partial charge in [-0.1, -0.05) is 11.6 Å². The van der Waals surface area contributed by atoms with Gasteiger partial charge in [0, 0.05) is 18.3 Å². The van der Waals surface area contributed by atoms with Crippen LogP contribution in [0.25, 0.3) is 0 Å². The predicted octanol–water partition coefficient (Wildman–Crippen LogP) is 2.73. The number of aryl methyl sites for hydroxylation is 1. The summed E-state index contributed by atoms with van der Waals surface area (Å²) in [6, 6.07) is 2.72. The third kappa shape index (κ3) is 2.66. The van der Waals surface area contributed by atoms with Crippen LogP contribution in [0.5, 0.6) is 0 Å². The van der Waals surface area contributed by atoms with E-state index in [4.69, 9.17) is 17.3 Å². The van der Waals surface area contributed by atoms with Crippen LogP contribution < -0.4 is 11.1 Å². The molecule has 2 unspecified atom stereocenters. The van der Waals surface area contributed by atoms with E-state index in [-0.39, 0.29) is 0 Å². The number of halogens is 1. The summed E-state index contributed by atoms with van der Waals surface area (Å²) in [5.41, 5.74) is 8.07. The maximum absolute atomic E-state index is 6.08. The van der Waals surface area contributed by atoms with E-state index in [0.717, 1.165) is 24.1 Å². The highest BCUT2D eigenvalue weighted by Gasteiger charge is 2.20. The van der Waals surface area contributed by atoms with Crippen molar-refractivity contribution in [3.63, 3.8) is 0 Å². The van der Waals surface area contributed by atoms with Gasteiger partial charge in [0.15, 0.2) is 5.15 Å². The number of nitrogens with two attached hydrogens (primary N) is 1. The fourth-order valence-corrected chi connectivity index (χ4v) is 2.52. The Balaban J connectivity index is 2.08. The molecule has 1 fully saturated rings. The highest BCUT2D eigenvalue weighted by Crippen LogP contribution is 2.27. The normalized spacial score (nSPS) is 25.4. The van der Waals surface area contributed by atoms with E-state index >= 15 is 0 Å². The molecule has 3 nitrogen and oxygen atoms in total. The van der Waals surface area contributed by atoms with E-state index in [0.29, 0.717) is 17.2 Å². The topological polar surface area (TPSA) is 50.9 Å². The zero-order valence-corrected chi connectivity index (χ0v) is 10.3. The summed E-state index contributed by atoms with van der Waals surface area (Å²) >= 11 is 6.08. The van der Waals surface area contributed by atoms with Gasteiger partial charge >= 0.3 is 0 Å². The summed E-state index contributed by atoms with van der Waals surface area (Å²) in [5, 5.41) is 4.03. The third-order valence-electron chi connectivity index (χ3n) is 3.18. The number of hydrogen-bond acceptors (Lipinski definition) is 3. The first-order valence-corrected chi connectivity index (χ1v) is 6.18. The Morgan fingerprint density at radius 3 is 3.00 bits per heavy atom. The average Bonchev–Trinajstić information content (AvgIpc) is 2.24. The summed E-state index contributed by atoms with van der Waals surface area (Å²) in [4.78, 5) is 4.10. The second-order valence-corrected chi connectivity index (χ2v) is 4.92. The van der Waals surface area contributed by atoms with Gasteiger partial charge in [-0.3, -0.25) is 0 Å². The van der Waals surface area contributed by atoms with Crippen molar-refractivity contribution < 1.29 is 0 Å². The van der Waals surface area contributed by atoms with Crippen LogP contribution >= 0.6 is 11.6 Å². The molecule has 2 atom stereocenters. The van der Waals surface area contributed by atoms with E-state index in [1.807, 2.05) is 13.0 Å². The van der Waals surface area contributed by atoms with Crippen LogP contribution in [0, 0.1) is 6.92 Å². The smallest absolute Gasteiger partial charge is 0.152 e. The van der Waals surface area contributed by atoms with Crippen LogP contribution in [0.4, 0.5) is 5.69 Å². The third-order valence-corrected chi connectivity index (χ3v) is 3.46. The Hall–Kier alpha value is -0.800. The van der Waals surface area contributed by atoms with Crippen LogP contribution in [0.2, 0.25) is 5.15 Å².